The summed E-state index contributed by atoms with van der Waals surface area (Å²) >= 11 is 3.49. The van der Waals surface area contributed by atoms with E-state index < -0.39 is 0 Å². The summed E-state index contributed by atoms with van der Waals surface area (Å²) < 4.78 is 2.99. The molecule has 0 saturated heterocycles. The third kappa shape index (κ3) is 2.17. The topological polar surface area (TPSA) is 52.0 Å². The van der Waals surface area contributed by atoms with Crippen LogP contribution < -0.4 is 9.91 Å². The molecule has 0 atom stereocenters. The van der Waals surface area contributed by atoms with Crippen molar-refractivity contribution < 1.29 is 4.79 Å². The number of Topliss-reactive ketones (excluding diaryl/α,β-unsaturated/α-hetero) is 1. The molecule has 5 rings (SSSR count). The predicted molar refractivity (Wildman–Crippen MR) is 112 cm³/mol. The molecule has 27 heavy (non-hydrogen) atoms. The minimum absolute atomic E-state index is 0.0244. The van der Waals surface area contributed by atoms with Crippen molar-refractivity contribution in [1.82, 2.24) is 14.0 Å². The third-order valence-corrected chi connectivity index (χ3v) is 5.91. The molecule has 0 bridgehead atoms. The number of hydrogen-bond donors (Lipinski definition) is 0. The summed E-state index contributed by atoms with van der Waals surface area (Å²) in [5.41, 5.74) is 4.16. The van der Waals surface area contributed by atoms with Gasteiger partial charge in [-0.25, -0.2) is 4.98 Å². The van der Waals surface area contributed by atoms with E-state index in [4.69, 9.17) is 4.98 Å². The molecule has 0 N–H and O–H groups in total. The summed E-state index contributed by atoms with van der Waals surface area (Å²) in [5, 5.41) is 1.50. The Labute approximate surface area is 163 Å². The Hall–Kier alpha value is -2.57. The first-order valence-corrected chi connectivity index (χ1v) is 9.49. The second-order valence-electron chi connectivity index (χ2n) is 7.75. The van der Waals surface area contributed by atoms with Crippen molar-refractivity contribution in [2.24, 2.45) is 7.05 Å². The van der Waals surface area contributed by atoms with Gasteiger partial charge in [0.2, 0.25) is 11.2 Å². The molecule has 0 spiro atoms. The summed E-state index contributed by atoms with van der Waals surface area (Å²) in [5.74, 6) is 0.0447. The lowest BCUT2D eigenvalue weighted by molar-refractivity contribution is 0.0957. The van der Waals surface area contributed by atoms with Gasteiger partial charge in [0, 0.05) is 40.4 Å². The van der Waals surface area contributed by atoms with Crippen LogP contribution in [0.4, 0.5) is 5.69 Å². The van der Waals surface area contributed by atoms with Crippen LogP contribution in [0.25, 0.3) is 32.9 Å². The van der Waals surface area contributed by atoms with Crippen molar-refractivity contribution in [1.29, 1.82) is 0 Å². The lowest BCUT2D eigenvalue weighted by Gasteiger charge is -2.34. The Morgan fingerprint density at radius 2 is 1.93 bits per heavy atom. The fourth-order valence-electron chi connectivity index (χ4n) is 4.27. The molecule has 5 nitrogen and oxygen atoms in total. The van der Waals surface area contributed by atoms with Crippen molar-refractivity contribution in [3.05, 3.63) is 56.9 Å². The number of ketones is 1. The monoisotopic (exact) mass is 422 g/mol. The zero-order chi connectivity index (χ0) is 19.1. The number of halogens is 1. The highest BCUT2D eigenvalue weighted by Crippen LogP contribution is 2.42. The average Bonchev–Trinajstić information content (AvgIpc) is 2.59. The molecule has 134 valence electrons. The van der Waals surface area contributed by atoms with Crippen LogP contribution in [0.2, 0.25) is 0 Å². The maximum atomic E-state index is 13.5. The number of quaternary nitrogens is 1. The number of aromatic nitrogens is 2. The molecular formula is C21H17BrN3O2+. The van der Waals surface area contributed by atoms with Gasteiger partial charge >= 0.3 is 0 Å². The van der Waals surface area contributed by atoms with Gasteiger partial charge in [-0.2, -0.15) is 0 Å². The van der Waals surface area contributed by atoms with Gasteiger partial charge in [-0.05, 0) is 24.3 Å². The molecule has 3 heterocycles. The van der Waals surface area contributed by atoms with E-state index in [2.05, 4.69) is 15.9 Å². The number of carbonyl (C=O) groups is 1. The van der Waals surface area contributed by atoms with E-state index in [1.54, 1.807) is 0 Å². The average molecular weight is 423 g/mol. The fourth-order valence-corrected chi connectivity index (χ4v) is 4.63. The molecule has 2 aliphatic heterocycles. The van der Waals surface area contributed by atoms with E-state index in [1.165, 1.54) is 0 Å². The van der Waals surface area contributed by atoms with E-state index in [0.29, 0.717) is 22.2 Å². The highest BCUT2D eigenvalue weighted by Gasteiger charge is 2.40. The smallest absolute Gasteiger partial charge is 0.249 e. The molecule has 0 unspecified atom stereocenters. The zero-order valence-electron chi connectivity index (χ0n) is 15.2. The largest absolute Gasteiger partial charge is 0.356 e. The molecule has 1 aromatic heterocycles. The molecule has 1 aliphatic carbocycles. The number of benzene rings is 2. The molecule has 2 aromatic rings. The molecule has 0 saturated carbocycles. The van der Waals surface area contributed by atoms with E-state index >= 15 is 0 Å². The number of nitrogens with zero attached hydrogens (tertiary/aromatic N) is 3. The molecule has 0 amide bonds. The summed E-state index contributed by atoms with van der Waals surface area (Å²) in [7, 11) is 5.72. The summed E-state index contributed by atoms with van der Waals surface area (Å²) in [4.78, 5) is 31.5. The fraction of sp³-hybridized carbons (Fsp3) is 0.190. The van der Waals surface area contributed by atoms with Crippen LogP contribution in [0.3, 0.4) is 0 Å². The second-order valence-corrected chi connectivity index (χ2v) is 8.67. The van der Waals surface area contributed by atoms with Crippen molar-refractivity contribution in [2.75, 3.05) is 20.6 Å². The summed E-state index contributed by atoms with van der Waals surface area (Å²) in [6.07, 6.45) is 3.75. The molecule has 3 aliphatic rings. The first kappa shape index (κ1) is 16.6. The van der Waals surface area contributed by atoms with Crippen LogP contribution in [0.15, 0.2) is 45.9 Å². The first-order chi connectivity index (χ1) is 12.8. The van der Waals surface area contributed by atoms with E-state index in [9.17, 15) is 9.59 Å². The lowest BCUT2D eigenvalue weighted by atomic mass is 9.88. The van der Waals surface area contributed by atoms with Gasteiger partial charge in [-0.15, -0.1) is 0 Å². The number of aryl methyl sites for hydroxylation is 1. The van der Waals surface area contributed by atoms with E-state index in [0.717, 1.165) is 26.5 Å². The van der Waals surface area contributed by atoms with Crippen LogP contribution in [0.5, 0.6) is 0 Å². The van der Waals surface area contributed by atoms with Gasteiger partial charge in [-0.3, -0.25) is 14.1 Å². The molecular weight excluding hydrogens is 406 g/mol. The Kier molecular flexibility index (Phi) is 3.22. The van der Waals surface area contributed by atoms with Gasteiger partial charge < -0.3 is 4.57 Å². The number of hydrogen-bond acceptors (Lipinski definition) is 3. The number of rotatable bonds is 0. The van der Waals surface area contributed by atoms with Gasteiger partial charge in [0.15, 0.2) is 5.69 Å². The van der Waals surface area contributed by atoms with E-state index in [-0.39, 0.29) is 22.2 Å². The number of likely N-dealkylation sites (N-methyl/N-ethyl adjacent to an activating group) is 1. The third-order valence-electron chi connectivity index (χ3n) is 5.42. The van der Waals surface area contributed by atoms with Crippen LogP contribution in [-0.4, -0.2) is 36.0 Å². The minimum Gasteiger partial charge on any atom is -0.356 e. The zero-order valence-corrected chi connectivity index (χ0v) is 16.8. The molecule has 0 fully saturated rings. The molecule has 0 radical (unpaired) electrons. The number of pyridine rings is 2. The Morgan fingerprint density at radius 1 is 1.15 bits per heavy atom. The van der Waals surface area contributed by atoms with Gasteiger partial charge in [-0.1, -0.05) is 15.9 Å². The predicted octanol–water partition coefficient (Wildman–Crippen LogP) is 3.72. The summed E-state index contributed by atoms with van der Waals surface area (Å²) in [6, 6.07) is 7.67. The van der Waals surface area contributed by atoms with Gasteiger partial charge in [0.25, 0.3) is 0 Å². The van der Waals surface area contributed by atoms with Crippen molar-refractivity contribution >= 4 is 49.2 Å². The normalized spacial score (nSPS) is 15.8. The van der Waals surface area contributed by atoms with Crippen molar-refractivity contribution in [2.45, 2.75) is 0 Å². The van der Waals surface area contributed by atoms with Crippen LogP contribution >= 0.6 is 15.9 Å². The number of carbonyl (C=O) groups excluding carboxylic acids is 1. The molecule has 6 heteroatoms. The quantitative estimate of drug-likeness (QED) is 0.246. The maximum absolute atomic E-state index is 13.5. The van der Waals surface area contributed by atoms with Crippen LogP contribution in [0, 0.1) is 0 Å². The van der Waals surface area contributed by atoms with Crippen molar-refractivity contribution in [3.63, 3.8) is 0 Å². The summed E-state index contributed by atoms with van der Waals surface area (Å²) in [6.45, 7) is 0.257. The molecule has 1 aromatic carbocycles. The first-order valence-electron chi connectivity index (χ1n) is 8.69. The Bertz CT molecular complexity index is 1340. The second kappa shape index (κ2) is 5.24. The Morgan fingerprint density at radius 3 is 2.70 bits per heavy atom. The van der Waals surface area contributed by atoms with Gasteiger partial charge in [0.1, 0.15) is 6.54 Å². The van der Waals surface area contributed by atoms with E-state index in [1.807, 2.05) is 62.4 Å². The van der Waals surface area contributed by atoms with Crippen molar-refractivity contribution in [3.8, 4) is 11.1 Å². The van der Waals surface area contributed by atoms with Gasteiger partial charge in [0.05, 0.1) is 36.1 Å². The number of fused-ring (bicyclic) bond motifs is 4. The minimum atomic E-state index is -0.0244. The lowest BCUT2D eigenvalue weighted by Crippen LogP contribution is -2.50. The maximum Gasteiger partial charge on any atom is 0.249 e. The van der Waals surface area contributed by atoms with Crippen LogP contribution in [-0.2, 0) is 7.05 Å². The standard InChI is InChI=1S/C21H17BrN3O2/c1-24-7-6-12-14(9-24)21(27)20-18-17(16(26)10-25(20,2)3)13-8-11(22)4-5-15(13)23-19(12)18/h4-9H,10H2,1-3H3/q+1. The highest BCUT2D eigenvalue weighted by molar-refractivity contribution is 9.10. The van der Waals surface area contributed by atoms with Crippen LogP contribution in [0.1, 0.15) is 10.4 Å². The Balaban J connectivity index is 2.17. The highest BCUT2D eigenvalue weighted by atomic mass is 79.9. The SMILES string of the molecule is Cn1ccc2c3nc4ccc(Br)cc4c4c3c(c(=O)c-2c1)[N+](C)(C)CC4=O.